The summed E-state index contributed by atoms with van der Waals surface area (Å²) in [5.74, 6) is 0.518. The normalized spacial score (nSPS) is 22.2. The van der Waals surface area contributed by atoms with E-state index in [2.05, 4.69) is 15.1 Å². The summed E-state index contributed by atoms with van der Waals surface area (Å²) in [5.41, 5.74) is 1.10. The largest absolute Gasteiger partial charge is 0.379 e. The quantitative estimate of drug-likeness (QED) is 0.690. The fourth-order valence-electron chi connectivity index (χ4n) is 4.61. The number of urea groups is 1. The van der Waals surface area contributed by atoms with Gasteiger partial charge in [-0.1, -0.05) is 30.3 Å². The second kappa shape index (κ2) is 11.0. The molecule has 7 nitrogen and oxygen atoms in total. The van der Waals surface area contributed by atoms with Gasteiger partial charge in [0.05, 0.1) is 13.2 Å². The maximum atomic E-state index is 13.0. The van der Waals surface area contributed by atoms with E-state index in [0.29, 0.717) is 19.0 Å². The van der Waals surface area contributed by atoms with Crippen molar-refractivity contribution in [3.63, 3.8) is 0 Å². The van der Waals surface area contributed by atoms with Crippen molar-refractivity contribution in [1.82, 2.24) is 20.0 Å². The van der Waals surface area contributed by atoms with Crippen LogP contribution in [0.25, 0.3) is 0 Å². The number of amides is 3. The van der Waals surface area contributed by atoms with Gasteiger partial charge in [-0.2, -0.15) is 0 Å². The van der Waals surface area contributed by atoms with E-state index in [0.717, 1.165) is 83.6 Å². The molecule has 31 heavy (non-hydrogen) atoms. The molecule has 3 aliphatic rings. The number of nitrogens with zero attached hydrogens (tertiary/aromatic N) is 3. The highest BCUT2D eigenvalue weighted by Gasteiger charge is 2.38. The lowest BCUT2D eigenvalue weighted by molar-refractivity contribution is -0.136. The molecule has 1 aliphatic carbocycles. The molecule has 1 N–H and O–H groups in total. The number of nitrogens with one attached hydrogen (secondary N) is 1. The zero-order chi connectivity index (χ0) is 21.5. The van der Waals surface area contributed by atoms with E-state index in [1.807, 2.05) is 35.2 Å². The Labute approximate surface area is 185 Å². The molecule has 1 unspecified atom stereocenters. The van der Waals surface area contributed by atoms with E-state index in [4.69, 9.17) is 4.74 Å². The molecule has 0 aromatic heterocycles. The van der Waals surface area contributed by atoms with Crippen LogP contribution in [0, 0.1) is 5.92 Å². The summed E-state index contributed by atoms with van der Waals surface area (Å²) in [6.45, 7) is 7.30. The van der Waals surface area contributed by atoms with Crippen molar-refractivity contribution in [2.24, 2.45) is 5.92 Å². The fourth-order valence-corrected chi connectivity index (χ4v) is 4.61. The number of likely N-dealkylation sites (tertiary alicyclic amines) is 1. The van der Waals surface area contributed by atoms with Crippen molar-refractivity contribution >= 4 is 11.9 Å². The minimum Gasteiger partial charge on any atom is -0.379 e. The Balaban J connectivity index is 1.30. The van der Waals surface area contributed by atoms with Crippen molar-refractivity contribution in [3.05, 3.63) is 35.9 Å². The molecule has 2 heterocycles. The maximum Gasteiger partial charge on any atom is 0.317 e. The van der Waals surface area contributed by atoms with Crippen molar-refractivity contribution in [1.29, 1.82) is 0 Å². The molecular formula is C24H36N4O3. The average Bonchev–Trinajstić information content (AvgIpc) is 3.67. The zero-order valence-corrected chi connectivity index (χ0v) is 18.5. The first kappa shape index (κ1) is 22.1. The molecule has 1 aromatic rings. The van der Waals surface area contributed by atoms with Crippen molar-refractivity contribution < 1.29 is 14.3 Å². The highest BCUT2D eigenvalue weighted by Crippen LogP contribution is 2.32. The van der Waals surface area contributed by atoms with Gasteiger partial charge in [0.25, 0.3) is 0 Å². The van der Waals surface area contributed by atoms with Crippen LogP contribution in [0.4, 0.5) is 4.79 Å². The Morgan fingerprint density at radius 3 is 2.58 bits per heavy atom. The van der Waals surface area contributed by atoms with E-state index in [1.165, 1.54) is 0 Å². The maximum absolute atomic E-state index is 13.0. The number of carbonyl (C=O) groups excluding carboxylic acids is 2. The molecule has 7 heteroatoms. The summed E-state index contributed by atoms with van der Waals surface area (Å²) in [6.07, 6.45) is 4.95. The molecule has 1 saturated carbocycles. The van der Waals surface area contributed by atoms with Gasteiger partial charge in [0.2, 0.25) is 5.91 Å². The third-order valence-corrected chi connectivity index (χ3v) is 6.60. The molecule has 4 rings (SSSR count). The monoisotopic (exact) mass is 428 g/mol. The molecule has 0 spiro atoms. The van der Waals surface area contributed by atoms with Crippen LogP contribution in [0.5, 0.6) is 0 Å². The Kier molecular flexibility index (Phi) is 7.81. The van der Waals surface area contributed by atoms with Crippen LogP contribution in [-0.4, -0.2) is 85.2 Å². The number of hydrogen-bond acceptors (Lipinski definition) is 4. The summed E-state index contributed by atoms with van der Waals surface area (Å²) in [5, 5.41) is 3.04. The van der Waals surface area contributed by atoms with Crippen LogP contribution in [0.15, 0.2) is 30.3 Å². The highest BCUT2D eigenvalue weighted by atomic mass is 16.5. The fraction of sp³-hybridized carbons (Fsp3) is 0.667. The Morgan fingerprint density at radius 2 is 1.84 bits per heavy atom. The highest BCUT2D eigenvalue weighted by molar-refractivity contribution is 5.81. The van der Waals surface area contributed by atoms with E-state index < -0.39 is 0 Å². The predicted octanol–water partition coefficient (Wildman–Crippen LogP) is 2.32. The van der Waals surface area contributed by atoms with Crippen LogP contribution in [0.2, 0.25) is 0 Å². The third-order valence-electron chi connectivity index (χ3n) is 6.60. The molecule has 0 bridgehead atoms. The SMILES string of the molecule is O=C(NCc1ccccc1)N1CCCC(N(CCCN2CCOCC2)C(=O)C2CC2)C1. The van der Waals surface area contributed by atoms with Gasteiger partial charge in [-0.3, -0.25) is 9.69 Å². The molecule has 0 radical (unpaired) electrons. The summed E-state index contributed by atoms with van der Waals surface area (Å²) in [4.78, 5) is 32.2. The van der Waals surface area contributed by atoms with Gasteiger partial charge in [-0.05, 0) is 37.7 Å². The van der Waals surface area contributed by atoms with Crippen molar-refractivity contribution in [3.8, 4) is 0 Å². The first-order valence-corrected chi connectivity index (χ1v) is 11.9. The standard InChI is InChI=1S/C24H36N4O3/c29-23(21-9-10-21)28(13-5-11-26-14-16-31-17-15-26)22-8-4-12-27(19-22)24(30)25-18-20-6-2-1-3-7-20/h1-3,6-7,21-22H,4-5,8-19H2,(H,25,30). The van der Waals surface area contributed by atoms with Gasteiger partial charge < -0.3 is 19.9 Å². The number of carbonyl (C=O) groups is 2. The van der Waals surface area contributed by atoms with Crippen LogP contribution < -0.4 is 5.32 Å². The summed E-state index contributed by atoms with van der Waals surface area (Å²) in [7, 11) is 0. The number of hydrogen-bond donors (Lipinski definition) is 1. The average molecular weight is 429 g/mol. The minimum absolute atomic E-state index is 0.0271. The molecule has 1 atom stereocenters. The molecular weight excluding hydrogens is 392 g/mol. The lowest BCUT2D eigenvalue weighted by Gasteiger charge is -2.40. The Hall–Kier alpha value is -2.12. The molecule has 2 aliphatic heterocycles. The van der Waals surface area contributed by atoms with Gasteiger partial charge >= 0.3 is 6.03 Å². The molecule has 3 amide bonds. The van der Waals surface area contributed by atoms with Crippen LogP contribution in [0.1, 0.15) is 37.7 Å². The van der Waals surface area contributed by atoms with Crippen molar-refractivity contribution in [2.75, 3.05) is 52.5 Å². The van der Waals surface area contributed by atoms with Gasteiger partial charge in [-0.15, -0.1) is 0 Å². The van der Waals surface area contributed by atoms with Crippen LogP contribution in [0.3, 0.4) is 0 Å². The topological polar surface area (TPSA) is 65.1 Å². The number of ether oxygens (including phenoxy) is 1. The van der Waals surface area contributed by atoms with E-state index in [1.54, 1.807) is 0 Å². The first-order chi connectivity index (χ1) is 15.2. The molecule has 3 fully saturated rings. The van der Waals surface area contributed by atoms with Crippen LogP contribution in [-0.2, 0) is 16.1 Å². The minimum atomic E-state index is -0.0271. The lowest BCUT2D eigenvalue weighted by atomic mass is 10.0. The summed E-state index contributed by atoms with van der Waals surface area (Å²) >= 11 is 0. The van der Waals surface area contributed by atoms with Crippen molar-refractivity contribution in [2.45, 2.75) is 44.7 Å². The number of morpholine rings is 1. The van der Waals surface area contributed by atoms with Crippen LogP contribution >= 0.6 is 0 Å². The molecule has 2 saturated heterocycles. The molecule has 1 aromatic carbocycles. The van der Waals surface area contributed by atoms with E-state index in [-0.39, 0.29) is 18.0 Å². The Bertz CT molecular complexity index is 719. The Morgan fingerprint density at radius 1 is 1.06 bits per heavy atom. The van der Waals surface area contributed by atoms with E-state index in [9.17, 15) is 9.59 Å². The lowest BCUT2D eigenvalue weighted by Crippen LogP contribution is -2.54. The zero-order valence-electron chi connectivity index (χ0n) is 18.5. The third kappa shape index (κ3) is 6.43. The van der Waals surface area contributed by atoms with Gasteiger partial charge in [-0.25, -0.2) is 4.79 Å². The van der Waals surface area contributed by atoms with E-state index >= 15 is 0 Å². The predicted molar refractivity (Wildman–Crippen MR) is 120 cm³/mol. The number of piperidine rings is 1. The molecule has 170 valence electrons. The number of rotatable bonds is 8. The van der Waals surface area contributed by atoms with Gasteiger partial charge in [0.1, 0.15) is 0 Å². The van der Waals surface area contributed by atoms with Gasteiger partial charge in [0, 0.05) is 57.8 Å². The number of benzene rings is 1. The van der Waals surface area contributed by atoms with Gasteiger partial charge in [0.15, 0.2) is 0 Å². The summed E-state index contributed by atoms with van der Waals surface area (Å²) in [6, 6.07) is 10.1. The smallest absolute Gasteiger partial charge is 0.317 e. The second-order valence-corrected chi connectivity index (χ2v) is 9.00. The summed E-state index contributed by atoms with van der Waals surface area (Å²) < 4.78 is 5.43. The second-order valence-electron chi connectivity index (χ2n) is 9.00. The first-order valence-electron chi connectivity index (χ1n) is 11.9.